The van der Waals surface area contributed by atoms with E-state index in [-0.39, 0.29) is 25.0 Å². The Balaban J connectivity index is 1.42. The average molecular weight is 402 g/mol. The van der Waals surface area contributed by atoms with Crippen molar-refractivity contribution in [2.24, 2.45) is 0 Å². The summed E-state index contributed by atoms with van der Waals surface area (Å²) in [4.78, 5) is 23.9. The second kappa shape index (κ2) is 11.4. The zero-order valence-corrected chi connectivity index (χ0v) is 16.8. The van der Waals surface area contributed by atoms with Gasteiger partial charge in [0.2, 0.25) is 5.91 Å². The molecule has 0 unspecified atom stereocenters. The summed E-state index contributed by atoms with van der Waals surface area (Å²) < 4.78 is 5.11. The van der Waals surface area contributed by atoms with E-state index in [1.807, 2.05) is 66.7 Å². The Hall–Kier alpha value is -3.60. The minimum atomic E-state index is -0.611. The van der Waals surface area contributed by atoms with Crippen molar-refractivity contribution < 1.29 is 14.3 Å². The first-order valence-electron chi connectivity index (χ1n) is 10.0. The Labute approximate surface area is 177 Å². The first-order chi connectivity index (χ1) is 14.7. The van der Waals surface area contributed by atoms with Crippen molar-refractivity contribution in [3.8, 4) is 0 Å². The van der Waals surface area contributed by atoms with Crippen molar-refractivity contribution in [2.45, 2.75) is 18.9 Å². The van der Waals surface area contributed by atoms with Crippen LogP contribution in [0, 0.1) is 0 Å². The van der Waals surface area contributed by atoms with Crippen LogP contribution < -0.4 is 10.6 Å². The number of rotatable bonds is 9. The highest BCUT2D eigenvalue weighted by Crippen LogP contribution is 2.27. The Kier molecular flexibility index (Phi) is 8.03. The number of hydrogen-bond acceptors (Lipinski definition) is 3. The Morgan fingerprint density at radius 1 is 0.733 bits per heavy atom. The lowest BCUT2D eigenvalue weighted by molar-refractivity contribution is -0.120. The summed E-state index contributed by atoms with van der Waals surface area (Å²) in [7, 11) is 0. The van der Waals surface area contributed by atoms with Gasteiger partial charge in [-0.15, -0.1) is 0 Å². The van der Waals surface area contributed by atoms with Crippen LogP contribution in [0.2, 0.25) is 0 Å². The molecular weight excluding hydrogens is 376 g/mol. The van der Waals surface area contributed by atoms with E-state index in [1.165, 1.54) is 11.1 Å². The van der Waals surface area contributed by atoms with Gasteiger partial charge in [0.05, 0.1) is 6.54 Å². The van der Waals surface area contributed by atoms with Gasteiger partial charge >= 0.3 is 6.09 Å². The number of benzene rings is 3. The van der Waals surface area contributed by atoms with E-state index < -0.39 is 6.09 Å². The summed E-state index contributed by atoms with van der Waals surface area (Å²) in [5, 5.41) is 5.35. The Morgan fingerprint density at radius 2 is 1.27 bits per heavy atom. The molecule has 5 nitrogen and oxygen atoms in total. The van der Waals surface area contributed by atoms with Gasteiger partial charge in [-0.25, -0.2) is 4.79 Å². The smallest absolute Gasteiger partial charge is 0.407 e. The summed E-state index contributed by atoms with van der Waals surface area (Å²) in [6, 6.07) is 29.9. The van der Waals surface area contributed by atoms with Crippen LogP contribution in [0.1, 0.15) is 29.0 Å². The Morgan fingerprint density at radius 3 is 1.83 bits per heavy atom. The van der Waals surface area contributed by atoms with Crippen LogP contribution in [0.5, 0.6) is 0 Å². The second-order valence-corrected chi connectivity index (χ2v) is 6.93. The van der Waals surface area contributed by atoms with Gasteiger partial charge in [-0.2, -0.15) is 0 Å². The van der Waals surface area contributed by atoms with Crippen LogP contribution in [0.4, 0.5) is 4.79 Å². The molecule has 0 heterocycles. The van der Waals surface area contributed by atoms with Gasteiger partial charge in [-0.1, -0.05) is 91.0 Å². The van der Waals surface area contributed by atoms with Crippen LogP contribution >= 0.6 is 0 Å². The lowest BCUT2D eigenvalue weighted by atomic mass is 9.88. The summed E-state index contributed by atoms with van der Waals surface area (Å²) >= 11 is 0. The van der Waals surface area contributed by atoms with E-state index in [1.54, 1.807) is 0 Å². The first kappa shape index (κ1) is 21.1. The number of hydrogen-bond donors (Lipinski definition) is 2. The van der Waals surface area contributed by atoms with Crippen molar-refractivity contribution >= 4 is 12.0 Å². The fraction of sp³-hybridized carbons (Fsp3) is 0.200. The standard InChI is InChI=1S/C25H26N2O3/c28-24(18-27-25(29)30-19-20-10-4-1-5-11-20)26-17-16-23(21-12-6-2-7-13-21)22-14-8-3-9-15-22/h1-15,23H,16-19H2,(H,26,28)(H,27,29). The maximum atomic E-state index is 12.1. The van der Waals surface area contributed by atoms with E-state index >= 15 is 0 Å². The minimum absolute atomic E-state index is 0.116. The molecule has 0 aromatic heterocycles. The quantitative estimate of drug-likeness (QED) is 0.562. The van der Waals surface area contributed by atoms with Crippen LogP contribution in [0.3, 0.4) is 0 Å². The zero-order chi connectivity index (χ0) is 21.0. The van der Waals surface area contributed by atoms with Crippen molar-refractivity contribution in [3.05, 3.63) is 108 Å². The molecule has 0 aliphatic rings. The first-order valence-corrected chi connectivity index (χ1v) is 10.0. The molecule has 0 bridgehead atoms. The molecule has 30 heavy (non-hydrogen) atoms. The molecule has 5 heteroatoms. The highest BCUT2D eigenvalue weighted by atomic mass is 16.5. The van der Waals surface area contributed by atoms with Crippen LogP contribution in [-0.4, -0.2) is 25.1 Å². The molecule has 0 radical (unpaired) electrons. The van der Waals surface area contributed by atoms with E-state index in [9.17, 15) is 9.59 Å². The lowest BCUT2D eigenvalue weighted by Crippen LogP contribution is -2.37. The van der Waals surface area contributed by atoms with Gasteiger partial charge in [0.25, 0.3) is 0 Å². The maximum Gasteiger partial charge on any atom is 0.407 e. The van der Waals surface area contributed by atoms with Crippen LogP contribution in [0.25, 0.3) is 0 Å². The molecule has 0 spiro atoms. The van der Waals surface area contributed by atoms with E-state index in [0.717, 1.165) is 12.0 Å². The monoisotopic (exact) mass is 402 g/mol. The van der Waals surface area contributed by atoms with Crippen molar-refractivity contribution in [1.82, 2.24) is 10.6 Å². The molecule has 0 aliphatic carbocycles. The van der Waals surface area contributed by atoms with Gasteiger partial charge in [-0.3, -0.25) is 4.79 Å². The van der Waals surface area contributed by atoms with Crippen LogP contribution in [-0.2, 0) is 16.1 Å². The SMILES string of the molecule is O=C(CNC(=O)OCc1ccccc1)NCCC(c1ccccc1)c1ccccc1. The van der Waals surface area contributed by atoms with Gasteiger partial charge in [0, 0.05) is 12.5 Å². The summed E-state index contributed by atoms with van der Waals surface area (Å²) in [5.41, 5.74) is 3.31. The van der Waals surface area contributed by atoms with E-state index in [4.69, 9.17) is 4.74 Å². The number of carbonyl (C=O) groups is 2. The number of amides is 2. The maximum absolute atomic E-state index is 12.1. The summed E-state index contributed by atoms with van der Waals surface area (Å²) in [5.74, 6) is -0.0527. The Bertz CT molecular complexity index is 875. The predicted octanol–water partition coefficient (Wildman–Crippen LogP) is 4.25. The molecule has 3 aromatic carbocycles. The molecule has 3 rings (SSSR count). The van der Waals surface area contributed by atoms with Crippen LogP contribution in [0.15, 0.2) is 91.0 Å². The predicted molar refractivity (Wildman–Crippen MR) is 117 cm³/mol. The second-order valence-electron chi connectivity index (χ2n) is 6.93. The topological polar surface area (TPSA) is 67.4 Å². The zero-order valence-electron chi connectivity index (χ0n) is 16.8. The fourth-order valence-corrected chi connectivity index (χ4v) is 3.24. The van der Waals surface area contributed by atoms with Gasteiger partial charge < -0.3 is 15.4 Å². The minimum Gasteiger partial charge on any atom is -0.445 e. The number of ether oxygens (including phenoxy) is 1. The molecule has 2 amide bonds. The van der Waals surface area contributed by atoms with Gasteiger partial charge in [0.1, 0.15) is 6.61 Å². The van der Waals surface area contributed by atoms with E-state index in [0.29, 0.717) is 6.54 Å². The average Bonchev–Trinajstić information content (AvgIpc) is 2.81. The van der Waals surface area contributed by atoms with Gasteiger partial charge in [-0.05, 0) is 23.1 Å². The highest BCUT2D eigenvalue weighted by molar-refractivity contribution is 5.82. The third-order valence-electron chi connectivity index (χ3n) is 4.77. The molecule has 0 atom stereocenters. The molecule has 154 valence electrons. The number of alkyl carbamates (subject to hydrolysis) is 1. The van der Waals surface area contributed by atoms with Crippen molar-refractivity contribution in [1.29, 1.82) is 0 Å². The molecule has 0 saturated carbocycles. The summed E-state index contributed by atoms with van der Waals surface area (Å²) in [6.07, 6.45) is 0.151. The molecular formula is C25H26N2O3. The van der Waals surface area contributed by atoms with Crippen molar-refractivity contribution in [2.75, 3.05) is 13.1 Å². The number of nitrogens with one attached hydrogen (secondary N) is 2. The molecule has 0 fully saturated rings. The fourth-order valence-electron chi connectivity index (χ4n) is 3.24. The third-order valence-corrected chi connectivity index (χ3v) is 4.77. The van der Waals surface area contributed by atoms with Crippen molar-refractivity contribution in [3.63, 3.8) is 0 Å². The molecule has 3 aromatic rings. The molecule has 0 saturated heterocycles. The normalized spacial score (nSPS) is 10.4. The summed E-state index contributed by atoms with van der Waals surface area (Å²) in [6.45, 7) is 0.563. The highest BCUT2D eigenvalue weighted by Gasteiger charge is 2.14. The largest absolute Gasteiger partial charge is 0.445 e. The number of carbonyl (C=O) groups excluding carboxylic acids is 2. The molecule has 0 aliphatic heterocycles. The third kappa shape index (κ3) is 6.78. The van der Waals surface area contributed by atoms with E-state index in [2.05, 4.69) is 34.9 Å². The lowest BCUT2D eigenvalue weighted by Gasteiger charge is -2.18. The van der Waals surface area contributed by atoms with Gasteiger partial charge in [0.15, 0.2) is 0 Å². The molecule has 2 N–H and O–H groups in total.